The first-order chi connectivity index (χ1) is 10.9. The maximum atomic E-state index is 13.7. The zero-order chi connectivity index (χ0) is 17.0. The van der Waals surface area contributed by atoms with Gasteiger partial charge in [0, 0.05) is 10.2 Å². The highest BCUT2D eigenvalue weighted by atomic mass is 79.9. The van der Waals surface area contributed by atoms with Crippen molar-refractivity contribution in [3.05, 3.63) is 63.9 Å². The first-order valence-electron chi connectivity index (χ1n) is 6.79. The van der Waals surface area contributed by atoms with Gasteiger partial charge in [-0.1, -0.05) is 28.1 Å². The highest BCUT2D eigenvalue weighted by Crippen LogP contribution is 2.19. The summed E-state index contributed by atoms with van der Waals surface area (Å²) in [6.45, 7) is 1.78. The number of halogens is 2. The Balaban J connectivity index is 2.09. The number of rotatable bonds is 4. The molecule has 2 aromatic carbocycles. The Bertz CT molecular complexity index is 735. The van der Waals surface area contributed by atoms with Gasteiger partial charge in [0.15, 0.2) is 0 Å². The first-order valence-corrected chi connectivity index (χ1v) is 7.58. The minimum atomic E-state index is -0.649. The molecule has 120 valence electrons. The molecule has 7 heteroatoms. The largest absolute Gasteiger partial charge is 0.351 e. The molecule has 2 rings (SSSR count). The number of carbonyl (C=O) groups excluding carboxylic acids is 2. The molecule has 0 saturated carbocycles. The Hall–Kier alpha value is -2.41. The molecule has 5 nitrogen and oxygen atoms in total. The summed E-state index contributed by atoms with van der Waals surface area (Å²) in [5.41, 5.74) is 6.37. The van der Waals surface area contributed by atoms with E-state index in [1.54, 1.807) is 31.2 Å². The standard InChI is InChI=1S/C16H15BrFN3O2/c1-9(10-2-5-12(6-3-10)21-16(19)23)20-15(22)13-8-11(17)4-7-14(13)18/h2-9H,1H3,(H,20,22)(H3,19,21,23)/t9-/m1/s1. The SMILES string of the molecule is C[C@@H](NC(=O)c1cc(Br)ccc1F)c1ccc(NC(N)=O)cc1. The Labute approximate surface area is 141 Å². The van der Waals surface area contributed by atoms with Crippen LogP contribution in [0.25, 0.3) is 0 Å². The first kappa shape index (κ1) is 17.0. The molecule has 2 aromatic rings. The van der Waals surface area contributed by atoms with Crippen molar-refractivity contribution < 1.29 is 14.0 Å². The summed E-state index contributed by atoms with van der Waals surface area (Å²) >= 11 is 3.21. The van der Waals surface area contributed by atoms with Crippen molar-refractivity contribution in [2.45, 2.75) is 13.0 Å². The van der Waals surface area contributed by atoms with Crippen LogP contribution in [0.1, 0.15) is 28.9 Å². The van der Waals surface area contributed by atoms with E-state index in [1.807, 2.05) is 0 Å². The molecule has 0 aliphatic rings. The Kier molecular flexibility index (Phi) is 5.33. The minimum Gasteiger partial charge on any atom is -0.351 e. The normalized spacial score (nSPS) is 11.6. The van der Waals surface area contributed by atoms with Crippen molar-refractivity contribution in [1.29, 1.82) is 0 Å². The number of urea groups is 1. The van der Waals surface area contributed by atoms with Crippen LogP contribution >= 0.6 is 15.9 Å². The van der Waals surface area contributed by atoms with Gasteiger partial charge < -0.3 is 16.4 Å². The topological polar surface area (TPSA) is 84.2 Å². The maximum absolute atomic E-state index is 13.7. The summed E-state index contributed by atoms with van der Waals surface area (Å²) in [4.78, 5) is 22.9. The molecule has 0 aromatic heterocycles. The molecule has 3 amide bonds. The number of primary amides is 1. The maximum Gasteiger partial charge on any atom is 0.316 e. The highest BCUT2D eigenvalue weighted by molar-refractivity contribution is 9.10. The van der Waals surface area contributed by atoms with Crippen molar-refractivity contribution in [3.8, 4) is 0 Å². The molecule has 0 saturated heterocycles. The van der Waals surface area contributed by atoms with Crippen LogP contribution in [0, 0.1) is 5.82 Å². The lowest BCUT2D eigenvalue weighted by atomic mass is 10.1. The Morgan fingerprint density at radius 1 is 1.17 bits per heavy atom. The van der Waals surface area contributed by atoms with Crippen LogP contribution in [0.5, 0.6) is 0 Å². The zero-order valence-corrected chi connectivity index (χ0v) is 13.9. The van der Waals surface area contributed by atoms with Crippen LogP contribution in [-0.4, -0.2) is 11.9 Å². The molecule has 0 spiro atoms. The van der Waals surface area contributed by atoms with Crippen LogP contribution in [0.3, 0.4) is 0 Å². The molecule has 0 unspecified atom stereocenters. The fourth-order valence-corrected chi connectivity index (χ4v) is 2.39. The van der Waals surface area contributed by atoms with E-state index in [9.17, 15) is 14.0 Å². The van der Waals surface area contributed by atoms with E-state index in [0.717, 1.165) is 5.56 Å². The van der Waals surface area contributed by atoms with Gasteiger partial charge in [-0.15, -0.1) is 0 Å². The van der Waals surface area contributed by atoms with Gasteiger partial charge in [0.05, 0.1) is 11.6 Å². The third-order valence-corrected chi connectivity index (χ3v) is 3.69. The quantitative estimate of drug-likeness (QED) is 0.758. The van der Waals surface area contributed by atoms with Gasteiger partial charge in [-0.3, -0.25) is 4.79 Å². The molecular formula is C16H15BrFN3O2. The van der Waals surface area contributed by atoms with E-state index in [-0.39, 0.29) is 11.6 Å². The van der Waals surface area contributed by atoms with Crippen LogP contribution in [0.4, 0.5) is 14.9 Å². The monoisotopic (exact) mass is 379 g/mol. The summed E-state index contributed by atoms with van der Waals surface area (Å²) in [6.07, 6.45) is 0. The lowest BCUT2D eigenvalue weighted by molar-refractivity contribution is 0.0935. The molecule has 23 heavy (non-hydrogen) atoms. The number of nitrogens with two attached hydrogens (primary N) is 1. The van der Waals surface area contributed by atoms with Crippen molar-refractivity contribution in [3.63, 3.8) is 0 Å². The molecular weight excluding hydrogens is 365 g/mol. The number of hydrogen-bond donors (Lipinski definition) is 3. The second kappa shape index (κ2) is 7.23. The van der Waals surface area contributed by atoms with Gasteiger partial charge in [0.2, 0.25) is 0 Å². The third kappa shape index (κ3) is 4.53. The third-order valence-electron chi connectivity index (χ3n) is 3.20. The Morgan fingerprint density at radius 2 is 1.83 bits per heavy atom. The predicted molar refractivity (Wildman–Crippen MR) is 89.6 cm³/mol. The summed E-state index contributed by atoms with van der Waals surface area (Å²) in [5, 5.41) is 5.18. The molecule has 0 aliphatic heterocycles. The van der Waals surface area contributed by atoms with Crippen LogP contribution in [0.2, 0.25) is 0 Å². The second-order valence-corrected chi connectivity index (χ2v) is 5.85. The van der Waals surface area contributed by atoms with Crippen molar-refractivity contribution in [1.82, 2.24) is 5.32 Å². The molecule has 0 heterocycles. The van der Waals surface area contributed by atoms with E-state index < -0.39 is 17.8 Å². The molecule has 0 radical (unpaired) electrons. The molecule has 0 bridgehead atoms. The van der Waals surface area contributed by atoms with E-state index in [1.165, 1.54) is 18.2 Å². The average Bonchev–Trinajstić information content (AvgIpc) is 2.49. The molecule has 4 N–H and O–H groups in total. The van der Waals surface area contributed by atoms with Crippen LogP contribution in [0.15, 0.2) is 46.9 Å². The summed E-state index contributed by atoms with van der Waals surface area (Å²) in [7, 11) is 0. The van der Waals surface area contributed by atoms with E-state index >= 15 is 0 Å². The van der Waals surface area contributed by atoms with Crippen molar-refractivity contribution in [2.75, 3.05) is 5.32 Å². The van der Waals surface area contributed by atoms with Crippen molar-refractivity contribution in [2.24, 2.45) is 5.73 Å². The van der Waals surface area contributed by atoms with Gasteiger partial charge in [0.25, 0.3) is 5.91 Å². The smallest absolute Gasteiger partial charge is 0.316 e. The van der Waals surface area contributed by atoms with Crippen LogP contribution < -0.4 is 16.4 Å². The van der Waals surface area contributed by atoms with Gasteiger partial charge in [-0.2, -0.15) is 0 Å². The van der Waals surface area contributed by atoms with E-state index in [0.29, 0.717) is 10.2 Å². The number of anilines is 1. The van der Waals surface area contributed by atoms with Crippen molar-refractivity contribution >= 4 is 33.6 Å². The van der Waals surface area contributed by atoms with Gasteiger partial charge in [0.1, 0.15) is 5.82 Å². The number of hydrogen-bond acceptors (Lipinski definition) is 2. The summed E-state index contributed by atoms with van der Waals surface area (Å²) in [6, 6.07) is 10.0. The van der Waals surface area contributed by atoms with E-state index in [4.69, 9.17) is 5.73 Å². The lowest BCUT2D eigenvalue weighted by Gasteiger charge is -2.15. The summed E-state index contributed by atoms with van der Waals surface area (Å²) < 4.78 is 14.3. The lowest BCUT2D eigenvalue weighted by Crippen LogP contribution is -2.27. The molecule has 1 atom stereocenters. The number of carbonyl (C=O) groups is 2. The van der Waals surface area contributed by atoms with E-state index in [2.05, 4.69) is 26.6 Å². The average molecular weight is 380 g/mol. The zero-order valence-electron chi connectivity index (χ0n) is 12.3. The number of benzene rings is 2. The van der Waals surface area contributed by atoms with Crippen LogP contribution in [-0.2, 0) is 0 Å². The fourth-order valence-electron chi connectivity index (χ4n) is 2.03. The molecule has 0 fully saturated rings. The molecule has 0 aliphatic carbocycles. The fraction of sp³-hybridized carbons (Fsp3) is 0.125. The van der Waals surface area contributed by atoms with Gasteiger partial charge in [-0.25, -0.2) is 9.18 Å². The highest BCUT2D eigenvalue weighted by Gasteiger charge is 2.15. The summed E-state index contributed by atoms with van der Waals surface area (Å²) in [5.74, 6) is -1.09. The number of amides is 3. The minimum absolute atomic E-state index is 0.0294. The second-order valence-electron chi connectivity index (χ2n) is 4.93. The Morgan fingerprint density at radius 3 is 2.43 bits per heavy atom. The van der Waals surface area contributed by atoms with Gasteiger partial charge >= 0.3 is 6.03 Å². The number of nitrogens with one attached hydrogen (secondary N) is 2. The predicted octanol–water partition coefficient (Wildman–Crippen LogP) is 3.57. The van der Waals surface area contributed by atoms with Gasteiger partial charge in [-0.05, 0) is 42.8 Å².